The minimum atomic E-state index is -0.407. The molecule has 0 aliphatic carbocycles. The van der Waals surface area contributed by atoms with Crippen LogP contribution in [0, 0.1) is 7.43 Å². The molecule has 0 saturated carbocycles. The average molecular weight is 261 g/mol. The Labute approximate surface area is 104 Å². The van der Waals surface area contributed by atoms with Gasteiger partial charge >= 0.3 is 0 Å². The van der Waals surface area contributed by atoms with Crippen LogP contribution < -0.4 is 0 Å². The molecule has 0 bridgehead atoms. The SMILES string of the molecule is C.O=C(Cl)c1ccccc1.[CH3-].[Y]. The fourth-order valence-corrected chi connectivity index (χ4v) is 0.695. The van der Waals surface area contributed by atoms with E-state index in [2.05, 4.69) is 0 Å². The number of halogens is 1. The smallest absolute Gasteiger partial charge is 0.252 e. The first kappa shape index (κ1) is 18.1. The van der Waals surface area contributed by atoms with Crippen LogP contribution in [-0.2, 0) is 32.7 Å². The van der Waals surface area contributed by atoms with E-state index >= 15 is 0 Å². The van der Waals surface area contributed by atoms with E-state index in [1.807, 2.05) is 6.07 Å². The molecule has 1 aromatic carbocycles. The molecule has 0 aliphatic rings. The van der Waals surface area contributed by atoms with Crippen LogP contribution in [0.15, 0.2) is 30.3 Å². The van der Waals surface area contributed by atoms with Gasteiger partial charge in [0.2, 0.25) is 0 Å². The summed E-state index contributed by atoms with van der Waals surface area (Å²) in [6.45, 7) is 0. The van der Waals surface area contributed by atoms with Gasteiger partial charge in [0.1, 0.15) is 0 Å². The number of carbonyl (C=O) groups is 1. The Balaban J connectivity index is -0.000000270. The van der Waals surface area contributed by atoms with Crippen molar-refractivity contribution in [3.63, 3.8) is 0 Å². The van der Waals surface area contributed by atoms with Gasteiger partial charge in [-0.2, -0.15) is 0 Å². The van der Waals surface area contributed by atoms with E-state index in [4.69, 9.17) is 11.6 Å². The number of rotatable bonds is 1. The number of hydrogen-bond donors (Lipinski definition) is 0. The maximum atomic E-state index is 10.4. The first-order valence-corrected chi connectivity index (χ1v) is 2.93. The van der Waals surface area contributed by atoms with Crippen LogP contribution in [0.3, 0.4) is 0 Å². The molecule has 0 aromatic heterocycles. The van der Waals surface area contributed by atoms with E-state index in [-0.39, 0.29) is 47.6 Å². The maximum Gasteiger partial charge on any atom is 0.252 e. The molecule has 0 atom stereocenters. The molecular formula is C9H12ClOY-. The van der Waals surface area contributed by atoms with E-state index in [0.717, 1.165) is 0 Å². The number of hydrogen-bond acceptors (Lipinski definition) is 1. The molecule has 1 aromatic rings. The summed E-state index contributed by atoms with van der Waals surface area (Å²) >= 11 is 5.16. The zero-order chi connectivity index (χ0) is 6.69. The summed E-state index contributed by atoms with van der Waals surface area (Å²) < 4.78 is 0. The predicted molar refractivity (Wildman–Crippen MR) is 49.8 cm³/mol. The first-order valence-electron chi connectivity index (χ1n) is 2.55. The Kier molecular flexibility index (Phi) is 14.2. The van der Waals surface area contributed by atoms with Crippen LogP contribution in [0.25, 0.3) is 0 Å². The standard InChI is InChI=1S/C7H5ClO.CH4.CH3.Y/c8-7(9)6-4-2-1-3-5-6;;;/h1-5H;1H4;1H3;/q;;-1;. The normalized spacial score (nSPS) is 6.75. The fraction of sp³-hybridized carbons (Fsp3) is 0.111. The second kappa shape index (κ2) is 9.37. The summed E-state index contributed by atoms with van der Waals surface area (Å²) in [5.74, 6) is 0. The molecule has 0 fully saturated rings. The van der Waals surface area contributed by atoms with Gasteiger partial charge in [0.15, 0.2) is 0 Å². The average Bonchev–Trinajstić information content (AvgIpc) is 1.90. The zero-order valence-electron chi connectivity index (χ0n) is 6.25. The summed E-state index contributed by atoms with van der Waals surface area (Å²) in [5.41, 5.74) is 0.541. The molecule has 0 heterocycles. The van der Waals surface area contributed by atoms with E-state index in [1.54, 1.807) is 24.3 Å². The third-order valence-corrected chi connectivity index (χ3v) is 1.22. The molecule has 1 nitrogen and oxygen atoms in total. The van der Waals surface area contributed by atoms with Crippen LogP contribution in [0.2, 0.25) is 0 Å². The van der Waals surface area contributed by atoms with Gasteiger partial charge in [-0.15, -0.1) is 0 Å². The van der Waals surface area contributed by atoms with Gasteiger partial charge in [-0.25, -0.2) is 0 Å². The third kappa shape index (κ3) is 5.87. The predicted octanol–water partition coefficient (Wildman–Crippen LogP) is 3.15. The van der Waals surface area contributed by atoms with Crippen LogP contribution >= 0.6 is 11.6 Å². The minimum absolute atomic E-state index is 0. The monoisotopic (exact) mass is 260 g/mol. The van der Waals surface area contributed by atoms with Crippen molar-refractivity contribution in [3.05, 3.63) is 43.3 Å². The van der Waals surface area contributed by atoms with Crippen molar-refractivity contribution in [2.45, 2.75) is 7.43 Å². The van der Waals surface area contributed by atoms with E-state index < -0.39 is 5.24 Å². The molecule has 0 amide bonds. The second-order valence-corrected chi connectivity index (χ2v) is 1.98. The van der Waals surface area contributed by atoms with Gasteiger partial charge < -0.3 is 7.43 Å². The van der Waals surface area contributed by atoms with E-state index in [1.165, 1.54) is 0 Å². The minimum Gasteiger partial charge on any atom is -0.358 e. The number of benzene rings is 1. The molecule has 12 heavy (non-hydrogen) atoms. The van der Waals surface area contributed by atoms with Crippen molar-refractivity contribution in [1.82, 2.24) is 0 Å². The van der Waals surface area contributed by atoms with Gasteiger partial charge in [-0.1, -0.05) is 37.8 Å². The van der Waals surface area contributed by atoms with E-state index in [0.29, 0.717) is 5.56 Å². The summed E-state index contributed by atoms with van der Waals surface area (Å²) in [6.07, 6.45) is 0. The maximum absolute atomic E-state index is 10.4. The summed E-state index contributed by atoms with van der Waals surface area (Å²) in [4.78, 5) is 10.4. The molecule has 0 spiro atoms. The largest absolute Gasteiger partial charge is 0.358 e. The zero-order valence-corrected chi connectivity index (χ0v) is 9.84. The topological polar surface area (TPSA) is 17.1 Å². The van der Waals surface area contributed by atoms with Crippen LogP contribution in [0.4, 0.5) is 0 Å². The Bertz CT molecular complexity index is 211. The third-order valence-electron chi connectivity index (χ3n) is 1.00. The van der Waals surface area contributed by atoms with Crippen LogP contribution in [-0.4, -0.2) is 5.24 Å². The quantitative estimate of drug-likeness (QED) is 0.560. The second-order valence-electron chi connectivity index (χ2n) is 1.64. The molecule has 1 radical (unpaired) electrons. The van der Waals surface area contributed by atoms with Gasteiger partial charge in [0, 0.05) is 38.3 Å². The van der Waals surface area contributed by atoms with Gasteiger partial charge in [-0.05, 0) is 11.6 Å². The molecule has 1 rings (SSSR count). The van der Waals surface area contributed by atoms with Crippen molar-refractivity contribution in [3.8, 4) is 0 Å². The van der Waals surface area contributed by atoms with Crippen molar-refractivity contribution in [2.24, 2.45) is 0 Å². The van der Waals surface area contributed by atoms with E-state index in [9.17, 15) is 4.79 Å². The molecule has 0 N–H and O–H groups in total. The molecule has 65 valence electrons. The van der Waals surface area contributed by atoms with Crippen LogP contribution in [0.1, 0.15) is 17.8 Å². The van der Waals surface area contributed by atoms with Gasteiger partial charge in [-0.3, -0.25) is 4.79 Å². The van der Waals surface area contributed by atoms with Crippen molar-refractivity contribution in [1.29, 1.82) is 0 Å². The van der Waals surface area contributed by atoms with Crippen molar-refractivity contribution < 1.29 is 37.5 Å². The summed E-state index contributed by atoms with van der Waals surface area (Å²) in [6, 6.07) is 8.74. The summed E-state index contributed by atoms with van der Waals surface area (Å²) in [5, 5.41) is -0.407. The van der Waals surface area contributed by atoms with Crippen molar-refractivity contribution >= 4 is 16.8 Å². The number of carbonyl (C=O) groups excluding carboxylic acids is 1. The molecule has 3 heteroatoms. The molecule has 0 aliphatic heterocycles. The Morgan fingerprint density at radius 1 is 1.17 bits per heavy atom. The van der Waals surface area contributed by atoms with Crippen molar-refractivity contribution in [2.75, 3.05) is 0 Å². The Morgan fingerprint density at radius 2 is 1.58 bits per heavy atom. The fourth-order valence-electron chi connectivity index (χ4n) is 0.569. The van der Waals surface area contributed by atoms with Crippen LogP contribution in [0.5, 0.6) is 0 Å². The summed E-state index contributed by atoms with van der Waals surface area (Å²) in [7, 11) is 0. The van der Waals surface area contributed by atoms with Gasteiger partial charge in [0.25, 0.3) is 5.24 Å². The molecular weight excluding hydrogens is 248 g/mol. The molecule has 0 unspecified atom stereocenters. The van der Waals surface area contributed by atoms with Gasteiger partial charge in [0.05, 0.1) is 0 Å². The Morgan fingerprint density at radius 3 is 1.83 bits per heavy atom. The first-order chi connectivity index (χ1) is 4.30. The molecule has 0 saturated heterocycles. The Hall–Kier alpha value is 0.284.